The van der Waals surface area contributed by atoms with Gasteiger partial charge in [-0.25, -0.2) is 4.99 Å². The molecule has 0 atom stereocenters. The van der Waals surface area contributed by atoms with E-state index in [0.717, 1.165) is 50.9 Å². The number of halogens is 1. The van der Waals surface area contributed by atoms with Crippen LogP contribution in [0.15, 0.2) is 76.4 Å². The lowest BCUT2D eigenvalue weighted by molar-refractivity contribution is 0.107. The highest BCUT2D eigenvalue weighted by Crippen LogP contribution is 2.11. The van der Waals surface area contributed by atoms with Gasteiger partial charge in [-0.1, -0.05) is 59.8 Å². The number of rotatable bonds is 9. The van der Waals surface area contributed by atoms with Crippen LogP contribution in [0, 0.1) is 0 Å². The molecule has 3 aromatic rings. The molecule has 0 saturated carbocycles. The van der Waals surface area contributed by atoms with Crippen molar-refractivity contribution < 1.29 is 9.26 Å². The standard InChI is InChI=1S/C26H33N5O2.HI/c1-2-27-26(31-14-12-30(13-15-31)19-25-11-16-33-29-25)28-18-23-9-6-10-24(17-23)21-32-20-22-7-4-3-5-8-22;/h3-11,16-17H,2,12-15,18-21H2,1H3,(H,27,28);1H. The zero-order chi connectivity index (χ0) is 22.7. The van der Waals surface area contributed by atoms with Crippen LogP contribution in [0.2, 0.25) is 0 Å². The van der Waals surface area contributed by atoms with E-state index in [1.54, 1.807) is 6.26 Å². The van der Waals surface area contributed by atoms with Crippen molar-refractivity contribution >= 4 is 29.9 Å². The number of benzene rings is 2. The number of nitrogens with zero attached hydrogens (tertiary/aromatic N) is 4. The molecule has 0 amide bonds. The van der Waals surface area contributed by atoms with Crippen molar-refractivity contribution in [2.45, 2.75) is 33.2 Å². The fourth-order valence-electron chi connectivity index (χ4n) is 3.94. The summed E-state index contributed by atoms with van der Waals surface area (Å²) in [6.07, 6.45) is 1.63. The van der Waals surface area contributed by atoms with E-state index in [2.05, 4.69) is 63.6 Å². The maximum atomic E-state index is 5.90. The molecular weight excluding hydrogens is 541 g/mol. The molecule has 0 aliphatic carbocycles. The van der Waals surface area contributed by atoms with Crippen LogP contribution in [0.25, 0.3) is 0 Å². The van der Waals surface area contributed by atoms with Gasteiger partial charge in [-0.15, -0.1) is 24.0 Å². The van der Waals surface area contributed by atoms with Crippen LogP contribution in [0.1, 0.15) is 29.3 Å². The molecule has 1 aliphatic heterocycles. The first-order valence-electron chi connectivity index (χ1n) is 11.6. The Morgan fingerprint density at radius 2 is 1.71 bits per heavy atom. The van der Waals surface area contributed by atoms with Crippen LogP contribution in [0.4, 0.5) is 0 Å². The first kappa shape index (κ1) is 26.2. The Balaban J connectivity index is 0.00000324. The molecule has 0 bridgehead atoms. The van der Waals surface area contributed by atoms with Crippen LogP contribution in [-0.4, -0.2) is 53.6 Å². The first-order chi connectivity index (χ1) is 16.3. The summed E-state index contributed by atoms with van der Waals surface area (Å²) in [4.78, 5) is 9.66. The highest BCUT2D eigenvalue weighted by Gasteiger charge is 2.20. The van der Waals surface area contributed by atoms with Gasteiger partial charge in [-0.3, -0.25) is 4.90 Å². The second-order valence-corrected chi connectivity index (χ2v) is 8.22. The summed E-state index contributed by atoms with van der Waals surface area (Å²) >= 11 is 0. The third kappa shape index (κ3) is 8.11. The Kier molecular flexibility index (Phi) is 10.8. The summed E-state index contributed by atoms with van der Waals surface area (Å²) in [5, 5.41) is 7.48. The van der Waals surface area contributed by atoms with Gasteiger partial charge < -0.3 is 19.5 Å². The van der Waals surface area contributed by atoms with Crippen LogP contribution in [0.5, 0.6) is 0 Å². The minimum atomic E-state index is 0. The van der Waals surface area contributed by atoms with Crippen molar-refractivity contribution in [2.24, 2.45) is 4.99 Å². The average Bonchev–Trinajstić information content (AvgIpc) is 3.36. The van der Waals surface area contributed by atoms with Crippen LogP contribution < -0.4 is 5.32 Å². The first-order valence-corrected chi connectivity index (χ1v) is 11.6. The van der Waals surface area contributed by atoms with Gasteiger partial charge in [0.05, 0.1) is 25.5 Å². The number of hydrogen-bond donors (Lipinski definition) is 1. The zero-order valence-corrected chi connectivity index (χ0v) is 22.1. The molecule has 1 saturated heterocycles. The van der Waals surface area contributed by atoms with Crippen molar-refractivity contribution in [3.8, 4) is 0 Å². The van der Waals surface area contributed by atoms with Gasteiger partial charge in [0.25, 0.3) is 0 Å². The number of guanidine groups is 1. The number of aliphatic imine (C=N–C) groups is 1. The lowest BCUT2D eigenvalue weighted by Gasteiger charge is -2.36. The predicted octanol–water partition coefficient (Wildman–Crippen LogP) is 4.29. The Labute approximate surface area is 219 Å². The van der Waals surface area contributed by atoms with Gasteiger partial charge in [-0.05, 0) is 23.6 Å². The molecule has 4 rings (SSSR count). The minimum Gasteiger partial charge on any atom is -0.372 e. The lowest BCUT2D eigenvalue weighted by Crippen LogP contribution is -2.52. The summed E-state index contributed by atoms with van der Waals surface area (Å²) in [7, 11) is 0. The summed E-state index contributed by atoms with van der Waals surface area (Å²) in [5.74, 6) is 0.976. The molecule has 34 heavy (non-hydrogen) atoms. The largest absolute Gasteiger partial charge is 0.372 e. The van der Waals surface area contributed by atoms with E-state index in [9.17, 15) is 0 Å². The van der Waals surface area contributed by atoms with Crippen LogP contribution in [0.3, 0.4) is 0 Å². The van der Waals surface area contributed by atoms with Crippen molar-refractivity contribution in [3.63, 3.8) is 0 Å². The average molecular weight is 575 g/mol. The predicted molar refractivity (Wildman–Crippen MR) is 145 cm³/mol. The Bertz CT molecular complexity index is 989. The van der Waals surface area contributed by atoms with Gasteiger partial charge in [0, 0.05) is 45.3 Å². The number of nitrogens with one attached hydrogen (secondary N) is 1. The van der Waals surface area contributed by atoms with Gasteiger partial charge in [-0.2, -0.15) is 0 Å². The van der Waals surface area contributed by atoms with Crippen molar-refractivity contribution in [2.75, 3.05) is 32.7 Å². The van der Waals surface area contributed by atoms with Crippen molar-refractivity contribution in [1.29, 1.82) is 0 Å². The monoisotopic (exact) mass is 575 g/mol. The summed E-state index contributed by atoms with van der Waals surface area (Å²) in [5.41, 5.74) is 4.53. The molecule has 1 fully saturated rings. The number of piperazine rings is 1. The molecule has 2 heterocycles. The van der Waals surface area contributed by atoms with E-state index in [1.807, 2.05) is 24.3 Å². The van der Waals surface area contributed by atoms with Gasteiger partial charge in [0.1, 0.15) is 6.26 Å². The molecular formula is C26H34IN5O2. The quantitative estimate of drug-likeness (QED) is 0.233. The highest BCUT2D eigenvalue weighted by molar-refractivity contribution is 14.0. The molecule has 0 unspecified atom stereocenters. The molecule has 2 aromatic carbocycles. The van der Waals surface area contributed by atoms with E-state index in [0.29, 0.717) is 19.8 Å². The van der Waals surface area contributed by atoms with E-state index >= 15 is 0 Å². The summed E-state index contributed by atoms with van der Waals surface area (Å²) in [6.45, 7) is 9.50. The highest BCUT2D eigenvalue weighted by atomic mass is 127. The molecule has 182 valence electrons. The van der Waals surface area contributed by atoms with Crippen LogP contribution in [-0.2, 0) is 31.0 Å². The lowest BCUT2D eigenvalue weighted by atomic mass is 10.1. The normalized spacial score (nSPS) is 14.6. The summed E-state index contributed by atoms with van der Waals surface area (Å²) in [6, 6.07) is 20.7. The second kappa shape index (κ2) is 14.1. The Morgan fingerprint density at radius 1 is 0.971 bits per heavy atom. The molecule has 1 N–H and O–H groups in total. The smallest absolute Gasteiger partial charge is 0.194 e. The molecule has 1 aromatic heterocycles. The van der Waals surface area contributed by atoms with E-state index in [1.165, 1.54) is 16.7 Å². The zero-order valence-electron chi connectivity index (χ0n) is 19.7. The SMILES string of the molecule is CCNC(=NCc1cccc(COCc2ccccc2)c1)N1CCN(Cc2ccon2)CC1.I. The number of aromatic nitrogens is 1. The Hall–Kier alpha value is -2.43. The van der Waals surface area contributed by atoms with Gasteiger partial charge in [0.15, 0.2) is 5.96 Å². The molecule has 8 heteroatoms. The van der Waals surface area contributed by atoms with Gasteiger partial charge in [0.2, 0.25) is 0 Å². The molecule has 0 spiro atoms. The molecule has 1 aliphatic rings. The molecule has 0 radical (unpaired) electrons. The second-order valence-electron chi connectivity index (χ2n) is 8.22. The van der Waals surface area contributed by atoms with Crippen LogP contribution >= 0.6 is 24.0 Å². The fraction of sp³-hybridized carbons (Fsp3) is 0.385. The minimum absolute atomic E-state index is 0. The van der Waals surface area contributed by atoms with Crippen molar-refractivity contribution in [3.05, 3.63) is 89.3 Å². The fourth-order valence-corrected chi connectivity index (χ4v) is 3.94. The van der Waals surface area contributed by atoms with E-state index in [4.69, 9.17) is 14.3 Å². The maximum Gasteiger partial charge on any atom is 0.194 e. The van der Waals surface area contributed by atoms with Gasteiger partial charge >= 0.3 is 0 Å². The third-order valence-electron chi connectivity index (χ3n) is 5.67. The van der Waals surface area contributed by atoms with Crippen molar-refractivity contribution in [1.82, 2.24) is 20.3 Å². The van der Waals surface area contributed by atoms with E-state index in [-0.39, 0.29) is 24.0 Å². The van der Waals surface area contributed by atoms with E-state index < -0.39 is 0 Å². The number of ether oxygens (including phenoxy) is 1. The molecule has 7 nitrogen and oxygen atoms in total. The third-order valence-corrected chi connectivity index (χ3v) is 5.67. The topological polar surface area (TPSA) is 66.1 Å². The maximum absolute atomic E-state index is 5.90. The number of hydrogen-bond acceptors (Lipinski definition) is 5. The summed E-state index contributed by atoms with van der Waals surface area (Å²) < 4.78 is 10.8. The Morgan fingerprint density at radius 3 is 2.44 bits per heavy atom.